The van der Waals surface area contributed by atoms with Gasteiger partial charge in [-0.1, -0.05) is 146 Å². The van der Waals surface area contributed by atoms with Crippen LogP contribution < -0.4 is 0 Å². The summed E-state index contributed by atoms with van der Waals surface area (Å²) in [6.07, 6.45) is 5.22. The van der Waals surface area contributed by atoms with Crippen LogP contribution in [0.25, 0.3) is 78.3 Å². The van der Waals surface area contributed by atoms with Crippen LogP contribution in [0.5, 0.6) is 0 Å². The van der Waals surface area contributed by atoms with E-state index in [0.717, 1.165) is 38.9 Å². The minimum Gasteiger partial charge on any atom is -0.244 e. The molecule has 0 bridgehead atoms. The summed E-state index contributed by atoms with van der Waals surface area (Å²) >= 11 is 0. The van der Waals surface area contributed by atoms with Crippen LogP contribution in [0.15, 0.2) is 164 Å². The van der Waals surface area contributed by atoms with Crippen LogP contribution in [0.4, 0.5) is 0 Å². The van der Waals surface area contributed by atoms with Crippen molar-refractivity contribution in [1.82, 2.24) is 24.9 Å². The topological polar surface area (TPSA) is 64.5 Å². The molecule has 216 valence electrons. The smallest absolute Gasteiger partial charge is 0.164 e. The van der Waals surface area contributed by atoms with Gasteiger partial charge in [-0.3, -0.25) is 0 Å². The second-order valence-electron chi connectivity index (χ2n) is 11.0. The molecule has 46 heavy (non-hydrogen) atoms. The molecule has 0 saturated carbocycles. The van der Waals surface area contributed by atoms with E-state index in [1.54, 1.807) is 6.33 Å². The second kappa shape index (κ2) is 12.0. The maximum Gasteiger partial charge on any atom is 0.164 e. The lowest BCUT2D eigenvalue weighted by molar-refractivity contribution is 1.07. The van der Waals surface area contributed by atoms with Gasteiger partial charge in [0.2, 0.25) is 0 Å². The minimum atomic E-state index is 0.643. The minimum absolute atomic E-state index is 0.643. The molecule has 0 aliphatic rings. The Labute approximate surface area is 267 Å². The zero-order valence-electron chi connectivity index (χ0n) is 24.8. The van der Waals surface area contributed by atoms with Crippen LogP contribution in [0.1, 0.15) is 0 Å². The molecular weight excluding hydrogens is 562 g/mol. The highest BCUT2D eigenvalue weighted by molar-refractivity contribution is 6.04. The normalized spacial score (nSPS) is 11.0. The summed E-state index contributed by atoms with van der Waals surface area (Å²) in [4.78, 5) is 22.9. The predicted octanol–water partition coefficient (Wildman–Crippen LogP) is 9.82. The standard InChI is InChI=1S/C41H27N5/c1-3-9-31(10-4-1)39-44-40(32-11-5-2-6-12-32)46-41(45-39)33-23-21-30(22-24-33)36-14-8-15-37-35(13-7-16-38(36)37)29-19-17-28(18-20-29)34-25-42-27-43-26-34/h1-27H. The third kappa shape index (κ3) is 5.31. The summed E-state index contributed by atoms with van der Waals surface area (Å²) < 4.78 is 0. The van der Waals surface area contributed by atoms with Crippen LogP contribution in [0.3, 0.4) is 0 Å². The largest absolute Gasteiger partial charge is 0.244 e. The van der Waals surface area contributed by atoms with Crippen molar-refractivity contribution in [3.8, 4) is 67.5 Å². The Balaban J connectivity index is 1.16. The van der Waals surface area contributed by atoms with E-state index in [0.29, 0.717) is 17.5 Å². The molecule has 0 N–H and O–H groups in total. The SMILES string of the molecule is c1ccc(-c2nc(-c3ccccc3)nc(-c3ccc(-c4cccc5c(-c6ccc(-c7cncnc7)cc6)cccc45)cc3)n2)cc1. The monoisotopic (exact) mass is 589 g/mol. The van der Waals surface area contributed by atoms with E-state index in [1.807, 2.05) is 73.1 Å². The van der Waals surface area contributed by atoms with Gasteiger partial charge < -0.3 is 0 Å². The second-order valence-corrected chi connectivity index (χ2v) is 11.0. The fourth-order valence-electron chi connectivity index (χ4n) is 5.84. The molecule has 0 radical (unpaired) electrons. The maximum absolute atomic E-state index is 4.89. The zero-order valence-corrected chi connectivity index (χ0v) is 24.8. The molecule has 0 saturated heterocycles. The van der Waals surface area contributed by atoms with E-state index in [9.17, 15) is 0 Å². The lowest BCUT2D eigenvalue weighted by Gasteiger charge is -2.13. The van der Waals surface area contributed by atoms with Crippen molar-refractivity contribution < 1.29 is 0 Å². The first-order valence-corrected chi connectivity index (χ1v) is 15.2. The van der Waals surface area contributed by atoms with Gasteiger partial charge in [0, 0.05) is 34.6 Å². The molecule has 2 heterocycles. The van der Waals surface area contributed by atoms with Gasteiger partial charge in [0.05, 0.1) is 0 Å². The first-order valence-electron chi connectivity index (χ1n) is 15.2. The summed E-state index contributed by atoms with van der Waals surface area (Å²) in [6.45, 7) is 0. The van der Waals surface area contributed by atoms with Crippen molar-refractivity contribution in [2.75, 3.05) is 0 Å². The van der Waals surface area contributed by atoms with Gasteiger partial charge in [-0.15, -0.1) is 0 Å². The molecule has 0 fully saturated rings. The lowest BCUT2D eigenvalue weighted by Crippen LogP contribution is -2.00. The third-order valence-electron chi connectivity index (χ3n) is 8.17. The molecule has 0 spiro atoms. The molecular formula is C41H27N5. The van der Waals surface area contributed by atoms with Crippen molar-refractivity contribution in [1.29, 1.82) is 0 Å². The number of nitrogens with zero attached hydrogens (tertiary/aromatic N) is 5. The Hall–Kier alpha value is -6.33. The number of rotatable bonds is 6. The number of benzene rings is 6. The van der Waals surface area contributed by atoms with Crippen LogP contribution in [-0.2, 0) is 0 Å². The van der Waals surface area contributed by atoms with E-state index < -0.39 is 0 Å². The van der Waals surface area contributed by atoms with E-state index in [1.165, 1.54) is 21.9 Å². The molecule has 8 aromatic rings. The molecule has 8 rings (SSSR count). The first-order chi connectivity index (χ1) is 22.8. The summed E-state index contributed by atoms with van der Waals surface area (Å²) in [7, 11) is 0. The highest BCUT2D eigenvalue weighted by atomic mass is 15.0. The average Bonchev–Trinajstić information content (AvgIpc) is 3.15. The van der Waals surface area contributed by atoms with Crippen molar-refractivity contribution in [2.24, 2.45) is 0 Å². The Kier molecular flexibility index (Phi) is 7.09. The molecule has 0 aliphatic heterocycles. The van der Waals surface area contributed by atoms with Gasteiger partial charge in [-0.2, -0.15) is 0 Å². The molecule has 5 nitrogen and oxygen atoms in total. The average molecular weight is 590 g/mol. The predicted molar refractivity (Wildman–Crippen MR) is 186 cm³/mol. The van der Waals surface area contributed by atoms with Crippen LogP contribution >= 0.6 is 0 Å². The highest BCUT2D eigenvalue weighted by Gasteiger charge is 2.13. The molecule has 0 aliphatic carbocycles. The summed E-state index contributed by atoms with van der Waals surface area (Å²) in [5, 5.41) is 2.41. The molecule has 6 aromatic carbocycles. The number of aromatic nitrogens is 5. The van der Waals surface area contributed by atoms with Crippen LogP contribution in [0.2, 0.25) is 0 Å². The molecule has 0 unspecified atom stereocenters. The molecule has 2 aromatic heterocycles. The number of hydrogen-bond donors (Lipinski definition) is 0. The van der Waals surface area contributed by atoms with Gasteiger partial charge in [0.1, 0.15) is 6.33 Å². The van der Waals surface area contributed by atoms with Gasteiger partial charge in [-0.25, -0.2) is 24.9 Å². The van der Waals surface area contributed by atoms with Gasteiger partial charge in [0.15, 0.2) is 17.5 Å². The molecule has 0 atom stereocenters. The number of hydrogen-bond acceptors (Lipinski definition) is 5. The first kappa shape index (κ1) is 27.2. The Morgan fingerprint density at radius 1 is 0.283 bits per heavy atom. The van der Waals surface area contributed by atoms with Crippen LogP contribution in [-0.4, -0.2) is 24.9 Å². The fraction of sp³-hybridized carbons (Fsp3) is 0. The summed E-state index contributed by atoms with van der Waals surface area (Å²) in [5.41, 5.74) is 9.60. The van der Waals surface area contributed by atoms with E-state index in [4.69, 9.17) is 15.0 Å². The van der Waals surface area contributed by atoms with E-state index in [2.05, 4.69) is 94.9 Å². The Morgan fingerprint density at radius 2 is 0.674 bits per heavy atom. The van der Waals surface area contributed by atoms with E-state index in [-0.39, 0.29) is 0 Å². The van der Waals surface area contributed by atoms with Crippen molar-refractivity contribution in [3.63, 3.8) is 0 Å². The maximum atomic E-state index is 4.89. The van der Waals surface area contributed by atoms with Crippen molar-refractivity contribution >= 4 is 10.8 Å². The Bertz CT molecular complexity index is 2210. The van der Waals surface area contributed by atoms with Crippen molar-refractivity contribution in [2.45, 2.75) is 0 Å². The molecule has 5 heteroatoms. The lowest BCUT2D eigenvalue weighted by atomic mass is 9.92. The zero-order chi connectivity index (χ0) is 30.7. The van der Waals surface area contributed by atoms with Gasteiger partial charge in [-0.05, 0) is 38.6 Å². The highest BCUT2D eigenvalue weighted by Crippen LogP contribution is 2.36. The van der Waals surface area contributed by atoms with Gasteiger partial charge >= 0.3 is 0 Å². The van der Waals surface area contributed by atoms with E-state index >= 15 is 0 Å². The van der Waals surface area contributed by atoms with Crippen LogP contribution in [0, 0.1) is 0 Å². The Morgan fingerprint density at radius 3 is 1.13 bits per heavy atom. The summed E-state index contributed by atoms with van der Waals surface area (Å²) in [5.74, 6) is 1.95. The van der Waals surface area contributed by atoms with Gasteiger partial charge in [0.25, 0.3) is 0 Å². The quantitative estimate of drug-likeness (QED) is 0.193. The number of fused-ring (bicyclic) bond motifs is 1. The molecule has 0 amide bonds. The third-order valence-corrected chi connectivity index (χ3v) is 8.17. The summed E-state index contributed by atoms with van der Waals surface area (Å²) in [6, 6.07) is 50.2. The fourth-order valence-corrected chi connectivity index (χ4v) is 5.84. The van der Waals surface area contributed by atoms with Crippen molar-refractivity contribution in [3.05, 3.63) is 164 Å².